The van der Waals surface area contributed by atoms with Crippen molar-refractivity contribution in [3.8, 4) is 5.75 Å². The van der Waals surface area contributed by atoms with Gasteiger partial charge in [-0.1, -0.05) is 0 Å². The van der Waals surface area contributed by atoms with E-state index in [2.05, 4.69) is 17.6 Å². The number of methoxy groups -OCH3 is 1. The molecule has 0 aliphatic carbocycles. The van der Waals surface area contributed by atoms with E-state index in [9.17, 15) is 9.18 Å². The number of halogens is 1. The van der Waals surface area contributed by atoms with E-state index in [1.807, 2.05) is 0 Å². The Morgan fingerprint density at radius 2 is 2.32 bits per heavy atom. The van der Waals surface area contributed by atoms with Crippen LogP contribution in [0.3, 0.4) is 0 Å². The first-order chi connectivity index (χ1) is 9.10. The van der Waals surface area contributed by atoms with Crippen molar-refractivity contribution in [2.45, 2.75) is 25.8 Å². The van der Waals surface area contributed by atoms with E-state index in [4.69, 9.17) is 4.74 Å². The zero-order valence-electron chi connectivity index (χ0n) is 11.2. The van der Waals surface area contributed by atoms with E-state index in [1.54, 1.807) is 6.07 Å². The van der Waals surface area contributed by atoms with E-state index >= 15 is 0 Å². The van der Waals surface area contributed by atoms with Gasteiger partial charge in [0.05, 0.1) is 7.11 Å². The van der Waals surface area contributed by atoms with Crippen molar-refractivity contribution in [3.05, 3.63) is 24.0 Å². The molecule has 2 N–H and O–H groups in total. The number of rotatable bonds is 3. The van der Waals surface area contributed by atoms with Crippen molar-refractivity contribution in [1.29, 1.82) is 0 Å². The van der Waals surface area contributed by atoms with Crippen molar-refractivity contribution in [2.24, 2.45) is 5.92 Å². The number of ether oxygens (including phenoxy) is 1. The highest BCUT2D eigenvalue weighted by Crippen LogP contribution is 2.23. The lowest BCUT2D eigenvalue weighted by Crippen LogP contribution is -2.40. The quantitative estimate of drug-likeness (QED) is 0.881. The fourth-order valence-corrected chi connectivity index (χ4v) is 2.36. The molecule has 2 rings (SSSR count). The number of nitrogens with one attached hydrogen (secondary N) is 2. The molecule has 1 aliphatic rings. The lowest BCUT2D eigenvalue weighted by atomic mass is 9.92. The fourth-order valence-electron chi connectivity index (χ4n) is 2.36. The first-order valence-corrected chi connectivity index (χ1v) is 6.48. The van der Waals surface area contributed by atoms with Gasteiger partial charge in [0.2, 0.25) is 5.91 Å². The maximum Gasteiger partial charge on any atom is 0.227 e. The van der Waals surface area contributed by atoms with Gasteiger partial charge in [0, 0.05) is 23.7 Å². The summed E-state index contributed by atoms with van der Waals surface area (Å²) in [5, 5.41) is 6.06. The van der Waals surface area contributed by atoms with Crippen LogP contribution in [0, 0.1) is 11.7 Å². The van der Waals surface area contributed by atoms with Crippen molar-refractivity contribution in [3.63, 3.8) is 0 Å². The van der Waals surface area contributed by atoms with Crippen LogP contribution >= 0.6 is 0 Å². The van der Waals surface area contributed by atoms with Gasteiger partial charge in [-0.15, -0.1) is 0 Å². The Morgan fingerprint density at radius 3 is 2.95 bits per heavy atom. The standard InChI is InChI=1S/C14H19FN2O2/c1-9-7-10(5-6-16-9)14(18)17-11-3-4-13(19-2)12(15)8-11/h3-4,8-10,16H,5-7H2,1-2H3,(H,17,18). The molecule has 0 radical (unpaired) electrons. The average molecular weight is 266 g/mol. The summed E-state index contributed by atoms with van der Waals surface area (Å²) in [5.41, 5.74) is 0.467. The summed E-state index contributed by atoms with van der Waals surface area (Å²) in [5.74, 6) is -0.355. The smallest absolute Gasteiger partial charge is 0.227 e. The maximum atomic E-state index is 13.5. The van der Waals surface area contributed by atoms with Crippen LogP contribution in [0.4, 0.5) is 10.1 Å². The second-order valence-corrected chi connectivity index (χ2v) is 4.92. The van der Waals surface area contributed by atoms with Gasteiger partial charge in [-0.3, -0.25) is 4.79 Å². The minimum absolute atomic E-state index is 0.0126. The Hall–Kier alpha value is -1.62. The minimum atomic E-state index is -0.473. The van der Waals surface area contributed by atoms with Crippen LogP contribution in [0.5, 0.6) is 5.75 Å². The molecule has 2 unspecified atom stereocenters. The molecule has 4 nitrogen and oxygen atoms in total. The van der Waals surface area contributed by atoms with Gasteiger partial charge in [-0.2, -0.15) is 0 Å². The van der Waals surface area contributed by atoms with Crippen molar-refractivity contribution >= 4 is 11.6 Å². The molecule has 0 saturated carbocycles. The Labute approximate surface area is 112 Å². The SMILES string of the molecule is COc1ccc(NC(=O)C2CCNC(C)C2)cc1F. The van der Waals surface area contributed by atoms with E-state index in [-0.39, 0.29) is 17.6 Å². The molecule has 2 atom stereocenters. The lowest BCUT2D eigenvalue weighted by molar-refractivity contribution is -0.120. The van der Waals surface area contributed by atoms with Gasteiger partial charge in [-0.05, 0) is 38.4 Å². The molecule has 19 heavy (non-hydrogen) atoms. The average Bonchev–Trinajstić information content (AvgIpc) is 2.39. The molecule has 104 valence electrons. The van der Waals surface area contributed by atoms with Crippen molar-refractivity contribution in [2.75, 3.05) is 19.0 Å². The predicted octanol–water partition coefficient (Wildman–Crippen LogP) is 2.16. The Morgan fingerprint density at radius 1 is 1.53 bits per heavy atom. The van der Waals surface area contributed by atoms with Crippen LogP contribution in [0.15, 0.2) is 18.2 Å². The zero-order chi connectivity index (χ0) is 13.8. The van der Waals surface area contributed by atoms with Gasteiger partial charge in [0.15, 0.2) is 11.6 Å². The summed E-state index contributed by atoms with van der Waals surface area (Å²) in [6.07, 6.45) is 1.62. The summed E-state index contributed by atoms with van der Waals surface area (Å²) in [7, 11) is 1.41. The molecule has 5 heteroatoms. The van der Waals surface area contributed by atoms with Gasteiger partial charge in [0.25, 0.3) is 0 Å². The highest BCUT2D eigenvalue weighted by Gasteiger charge is 2.24. The highest BCUT2D eigenvalue weighted by atomic mass is 19.1. The fraction of sp³-hybridized carbons (Fsp3) is 0.500. The largest absolute Gasteiger partial charge is 0.494 e. The maximum absolute atomic E-state index is 13.5. The van der Waals surface area contributed by atoms with Crippen LogP contribution < -0.4 is 15.4 Å². The van der Waals surface area contributed by atoms with Gasteiger partial charge in [0.1, 0.15) is 0 Å². The Bertz CT molecular complexity index is 465. The molecule has 1 aromatic carbocycles. The molecule has 1 aromatic rings. The van der Waals surface area contributed by atoms with Gasteiger partial charge < -0.3 is 15.4 Å². The summed E-state index contributed by atoms with van der Waals surface area (Å²) in [6, 6.07) is 4.78. The Balaban J connectivity index is 2.00. The topological polar surface area (TPSA) is 50.4 Å². The number of amides is 1. The number of benzene rings is 1. The number of anilines is 1. The molecule has 1 heterocycles. The first-order valence-electron chi connectivity index (χ1n) is 6.48. The number of hydrogen-bond acceptors (Lipinski definition) is 3. The second kappa shape index (κ2) is 6.02. The number of carbonyl (C=O) groups excluding carboxylic acids is 1. The molecule has 1 amide bonds. The van der Waals surface area contributed by atoms with E-state index < -0.39 is 5.82 Å². The molecular formula is C14H19FN2O2. The van der Waals surface area contributed by atoms with Crippen LogP contribution in [0.2, 0.25) is 0 Å². The third-order valence-electron chi connectivity index (χ3n) is 3.41. The minimum Gasteiger partial charge on any atom is -0.494 e. The molecule has 1 saturated heterocycles. The summed E-state index contributed by atoms with van der Waals surface area (Å²) in [6.45, 7) is 2.91. The van der Waals surface area contributed by atoms with Crippen LogP contribution in [0.25, 0.3) is 0 Å². The Kier molecular flexibility index (Phi) is 4.37. The normalized spacial score (nSPS) is 22.9. The summed E-state index contributed by atoms with van der Waals surface area (Å²) < 4.78 is 18.4. The monoisotopic (exact) mass is 266 g/mol. The molecule has 0 aromatic heterocycles. The number of carbonyl (C=O) groups is 1. The summed E-state index contributed by atoms with van der Waals surface area (Å²) in [4.78, 5) is 12.1. The number of piperidine rings is 1. The molecule has 0 bridgehead atoms. The third-order valence-corrected chi connectivity index (χ3v) is 3.41. The van der Waals surface area contributed by atoms with E-state index in [0.29, 0.717) is 11.7 Å². The van der Waals surface area contributed by atoms with Gasteiger partial charge in [-0.25, -0.2) is 4.39 Å². The van der Waals surface area contributed by atoms with Crippen molar-refractivity contribution in [1.82, 2.24) is 5.32 Å². The molecular weight excluding hydrogens is 247 g/mol. The zero-order valence-corrected chi connectivity index (χ0v) is 11.2. The lowest BCUT2D eigenvalue weighted by Gasteiger charge is -2.27. The number of hydrogen-bond donors (Lipinski definition) is 2. The van der Waals surface area contributed by atoms with E-state index in [1.165, 1.54) is 19.2 Å². The molecule has 0 spiro atoms. The second-order valence-electron chi connectivity index (χ2n) is 4.92. The van der Waals surface area contributed by atoms with Gasteiger partial charge >= 0.3 is 0 Å². The van der Waals surface area contributed by atoms with Crippen LogP contribution in [-0.2, 0) is 4.79 Å². The van der Waals surface area contributed by atoms with Crippen molar-refractivity contribution < 1.29 is 13.9 Å². The summed E-state index contributed by atoms with van der Waals surface area (Å²) >= 11 is 0. The molecule has 1 fully saturated rings. The first kappa shape index (κ1) is 13.8. The van der Waals surface area contributed by atoms with Crippen LogP contribution in [-0.4, -0.2) is 25.6 Å². The molecule has 1 aliphatic heterocycles. The van der Waals surface area contributed by atoms with E-state index in [0.717, 1.165) is 19.4 Å². The van der Waals surface area contributed by atoms with Crippen LogP contribution in [0.1, 0.15) is 19.8 Å². The predicted molar refractivity (Wildman–Crippen MR) is 71.8 cm³/mol. The third kappa shape index (κ3) is 3.44. The highest BCUT2D eigenvalue weighted by molar-refractivity contribution is 5.92.